The van der Waals surface area contributed by atoms with Gasteiger partial charge in [0.1, 0.15) is 0 Å². The maximum Gasteiger partial charge on any atom is 0.434 e. The van der Waals surface area contributed by atoms with Gasteiger partial charge in [-0.1, -0.05) is 0 Å². The van der Waals surface area contributed by atoms with Gasteiger partial charge < -0.3 is 4.74 Å². The molecule has 0 radical (unpaired) electrons. The first-order valence-electron chi connectivity index (χ1n) is 3.50. The summed E-state index contributed by atoms with van der Waals surface area (Å²) in [5.41, 5.74) is 0. The first-order chi connectivity index (χ1) is 7.50. The zero-order valence-corrected chi connectivity index (χ0v) is 9.03. The van der Waals surface area contributed by atoms with Gasteiger partial charge in [0.05, 0.1) is 0 Å². The van der Waals surface area contributed by atoms with Crippen molar-refractivity contribution in [1.82, 2.24) is 0 Å². The Morgan fingerprint density at radius 3 is 1.76 bits per heavy atom. The lowest BCUT2D eigenvalue weighted by Gasteiger charge is -2.21. The fourth-order valence-electron chi connectivity index (χ4n) is 0.574. The van der Waals surface area contributed by atoms with Crippen LogP contribution in [0.4, 0.5) is 26.3 Å². The second kappa shape index (κ2) is 5.39. The molecule has 0 aromatic carbocycles. The molecule has 96 valence electrons. The van der Waals surface area contributed by atoms with Gasteiger partial charge in [-0.2, -0.15) is 26.3 Å². The molecule has 0 aliphatic rings. The largest absolute Gasteiger partial charge is 0.436 e. The van der Waals surface area contributed by atoms with E-state index in [0.29, 0.717) is 0 Å². The summed E-state index contributed by atoms with van der Waals surface area (Å²) in [5, 5.41) is 0. The van der Waals surface area contributed by atoms with Crippen molar-refractivity contribution < 1.29 is 40.7 Å². The topological polar surface area (TPSA) is 43.4 Å². The molecule has 0 N–H and O–H groups in total. The van der Waals surface area contributed by atoms with Crippen molar-refractivity contribution in [2.75, 3.05) is 0 Å². The summed E-state index contributed by atoms with van der Waals surface area (Å²) in [7, 11) is 0. The van der Waals surface area contributed by atoms with Crippen LogP contribution in [0.3, 0.4) is 0 Å². The number of rotatable bonds is 2. The van der Waals surface area contributed by atoms with Gasteiger partial charge >= 0.3 is 24.1 Å². The van der Waals surface area contributed by atoms with Crippen LogP contribution < -0.4 is 0 Å². The Morgan fingerprint density at radius 1 is 1.06 bits per heavy atom. The molecule has 3 nitrogen and oxygen atoms in total. The van der Waals surface area contributed by atoms with Gasteiger partial charge in [0, 0.05) is 15.9 Å². The summed E-state index contributed by atoms with van der Waals surface area (Å²) < 4.78 is 74.3. The Labute approximate surface area is 98.2 Å². The van der Waals surface area contributed by atoms with Gasteiger partial charge in [-0.05, 0) is 10.8 Å². The maximum absolute atomic E-state index is 11.9. The smallest absolute Gasteiger partial charge is 0.434 e. The molecule has 0 unspecified atom stereocenters. The van der Waals surface area contributed by atoms with Crippen molar-refractivity contribution >= 4 is 27.7 Å². The zero-order chi connectivity index (χ0) is 13.9. The van der Waals surface area contributed by atoms with E-state index in [2.05, 4.69) is 20.7 Å². The van der Waals surface area contributed by atoms with Crippen LogP contribution in [0, 0.1) is 10.8 Å². The molecule has 0 bridgehead atoms. The molecule has 0 saturated carbocycles. The van der Waals surface area contributed by atoms with Crippen LogP contribution in [-0.4, -0.2) is 30.2 Å². The maximum atomic E-state index is 11.9. The molecule has 0 aromatic rings. The van der Waals surface area contributed by atoms with Crippen LogP contribution in [0.5, 0.6) is 0 Å². The molecule has 10 heteroatoms. The van der Waals surface area contributed by atoms with Crippen LogP contribution >= 0.6 is 15.9 Å². The lowest BCUT2D eigenvalue weighted by Crippen LogP contribution is -2.46. The van der Waals surface area contributed by atoms with E-state index in [1.54, 1.807) is 4.83 Å². The monoisotopic (exact) mass is 326 g/mol. The van der Waals surface area contributed by atoms with Crippen molar-refractivity contribution in [3.8, 4) is 10.8 Å². The van der Waals surface area contributed by atoms with Gasteiger partial charge in [0.15, 0.2) is 0 Å². The predicted molar refractivity (Wildman–Crippen MR) is 43.7 cm³/mol. The van der Waals surface area contributed by atoms with Gasteiger partial charge in [-0.25, -0.2) is 4.79 Å². The molecular formula is C7HBrF6O3. The van der Waals surface area contributed by atoms with E-state index >= 15 is 0 Å². The number of carbonyl (C=O) groups is 2. The van der Waals surface area contributed by atoms with Crippen LogP contribution in [0.25, 0.3) is 0 Å². The highest BCUT2D eigenvalue weighted by atomic mass is 79.9. The quantitative estimate of drug-likeness (QED) is 0.337. The third-order valence-corrected chi connectivity index (χ3v) is 1.36. The molecule has 0 heterocycles. The lowest BCUT2D eigenvalue weighted by molar-refractivity contribution is -0.312. The van der Waals surface area contributed by atoms with Gasteiger partial charge in [0.25, 0.3) is 6.10 Å². The molecule has 0 spiro atoms. The van der Waals surface area contributed by atoms with Crippen molar-refractivity contribution in [2.24, 2.45) is 0 Å². The number of hydrogen-bond acceptors (Lipinski definition) is 3. The zero-order valence-electron chi connectivity index (χ0n) is 7.45. The van der Waals surface area contributed by atoms with E-state index < -0.39 is 30.2 Å². The SMILES string of the molecule is O=C(C#CBr)C(=O)OC(C(F)(F)F)C(F)(F)F. The Kier molecular flexibility index (Phi) is 5.00. The van der Waals surface area contributed by atoms with Crippen molar-refractivity contribution in [2.45, 2.75) is 18.5 Å². The third kappa shape index (κ3) is 5.08. The average Bonchev–Trinajstić information content (AvgIpc) is 2.10. The minimum atomic E-state index is -5.87. The average molecular weight is 327 g/mol. The molecular weight excluding hydrogens is 326 g/mol. The molecule has 0 fully saturated rings. The molecule has 0 aromatic heterocycles. The fraction of sp³-hybridized carbons (Fsp3) is 0.429. The lowest BCUT2D eigenvalue weighted by atomic mass is 10.3. The number of ether oxygens (including phenoxy) is 1. The standard InChI is InChI=1S/C7HBrF6O3/c8-2-1-3(15)4(16)17-5(6(9,10)11)7(12,13)14/h5H. The minimum Gasteiger partial charge on any atom is -0.436 e. The summed E-state index contributed by atoms with van der Waals surface area (Å²) in [5.74, 6) is -2.80. The number of halogens is 7. The predicted octanol–water partition coefficient (Wildman–Crippen LogP) is 1.95. The highest BCUT2D eigenvalue weighted by Gasteiger charge is 2.60. The molecule has 0 aliphatic heterocycles. The second-order valence-electron chi connectivity index (χ2n) is 2.42. The molecule has 0 atom stereocenters. The minimum absolute atomic E-state index is 1.37. The van der Waals surface area contributed by atoms with Crippen LogP contribution in [0.15, 0.2) is 0 Å². The molecule has 0 aliphatic carbocycles. The molecule has 0 saturated heterocycles. The number of ketones is 1. The summed E-state index contributed by atoms with van der Waals surface area (Å²) in [6, 6.07) is 0. The van der Waals surface area contributed by atoms with E-state index in [1.807, 2.05) is 0 Å². The summed E-state index contributed by atoms with van der Waals surface area (Å²) in [4.78, 5) is 22.7. The van der Waals surface area contributed by atoms with Crippen LogP contribution in [0.2, 0.25) is 0 Å². The van der Waals surface area contributed by atoms with E-state index in [0.717, 1.165) is 0 Å². The van der Waals surface area contributed by atoms with E-state index in [4.69, 9.17) is 0 Å². The fourth-order valence-corrected chi connectivity index (χ4v) is 0.754. The Bertz CT molecular complexity index is 360. The van der Waals surface area contributed by atoms with Gasteiger partial charge in [-0.15, -0.1) is 0 Å². The van der Waals surface area contributed by atoms with Crippen molar-refractivity contribution in [3.05, 3.63) is 0 Å². The van der Waals surface area contributed by atoms with Crippen molar-refractivity contribution in [3.63, 3.8) is 0 Å². The summed E-state index contributed by atoms with van der Waals surface area (Å²) in [6.07, 6.45) is -16.1. The first-order valence-corrected chi connectivity index (χ1v) is 4.29. The van der Waals surface area contributed by atoms with Crippen LogP contribution in [0.1, 0.15) is 0 Å². The third-order valence-electron chi connectivity index (χ3n) is 1.17. The molecule has 0 amide bonds. The number of Topliss-reactive ketones (excluding diaryl/α,β-unsaturated/α-hetero) is 1. The van der Waals surface area contributed by atoms with E-state index in [-0.39, 0.29) is 0 Å². The highest BCUT2D eigenvalue weighted by molar-refractivity contribution is 9.12. The Hall–Kier alpha value is -1.24. The van der Waals surface area contributed by atoms with E-state index in [1.165, 1.54) is 5.92 Å². The van der Waals surface area contributed by atoms with Gasteiger partial charge in [-0.3, -0.25) is 4.79 Å². The number of esters is 1. The second-order valence-corrected chi connectivity index (χ2v) is 2.81. The van der Waals surface area contributed by atoms with Gasteiger partial charge in [0.2, 0.25) is 0 Å². The first kappa shape index (κ1) is 15.8. The highest BCUT2D eigenvalue weighted by Crippen LogP contribution is 2.35. The summed E-state index contributed by atoms with van der Waals surface area (Å²) in [6.45, 7) is 0. The number of hydrogen-bond donors (Lipinski definition) is 0. The summed E-state index contributed by atoms with van der Waals surface area (Å²) >= 11 is 2.33. The van der Waals surface area contributed by atoms with Crippen molar-refractivity contribution in [1.29, 1.82) is 0 Å². The Morgan fingerprint density at radius 2 is 1.47 bits per heavy atom. The molecule has 0 rings (SSSR count). The normalized spacial score (nSPS) is 11.8. The number of carbonyl (C=O) groups excluding carboxylic acids is 2. The number of alkyl halides is 6. The Balaban J connectivity index is 4.96. The van der Waals surface area contributed by atoms with E-state index in [9.17, 15) is 35.9 Å². The molecule has 17 heavy (non-hydrogen) atoms. The van der Waals surface area contributed by atoms with Crippen LogP contribution in [-0.2, 0) is 14.3 Å².